The van der Waals surface area contributed by atoms with E-state index in [4.69, 9.17) is 18.9 Å². The lowest BCUT2D eigenvalue weighted by atomic mass is 10.1. The highest BCUT2D eigenvalue weighted by Crippen LogP contribution is 2.39. The predicted molar refractivity (Wildman–Crippen MR) is 308 cm³/mol. The lowest BCUT2D eigenvalue weighted by Gasteiger charge is -2.16. The Labute approximate surface area is 457 Å². The second kappa shape index (κ2) is 21.3. The molecule has 16 nitrogen and oxygen atoms in total. The maximum absolute atomic E-state index is 13.3. The van der Waals surface area contributed by atoms with Crippen LogP contribution in [0, 0.1) is 0 Å². The molecule has 12 rings (SSSR count). The molecule has 18 heteroatoms. The highest BCUT2D eigenvalue weighted by atomic mass is 32.2. The van der Waals surface area contributed by atoms with Crippen LogP contribution in [0.25, 0.3) is 55.2 Å². The maximum Gasteiger partial charge on any atom is 0.298 e. The molecule has 0 aliphatic heterocycles. The summed E-state index contributed by atoms with van der Waals surface area (Å²) in [4.78, 5) is 16.1. The second-order valence-corrected chi connectivity index (χ2v) is 20.8. The molecule has 2 aromatic heterocycles. The summed E-state index contributed by atoms with van der Waals surface area (Å²) < 4.78 is 100.0. The molecule has 0 fully saturated rings. The molecule has 0 spiro atoms. The normalized spacial score (nSPS) is 11.8. The molecule has 0 bridgehead atoms. The number of hydrogen-bond acceptors (Lipinski definition) is 14. The Morgan fingerprint density at radius 1 is 0.362 bits per heavy atom. The Hall–Kier alpha value is -10.2. The van der Waals surface area contributed by atoms with E-state index in [1.54, 1.807) is 42.5 Å². The summed E-state index contributed by atoms with van der Waals surface area (Å²) in [6.07, 6.45) is 2.78. The van der Waals surface area contributed by atoms with Crippen molar-refractivity contribution in [1.82, 2.24) is 19.9 Å². The van der Waals surface area contributed by atoms with Gasteiger partial charge in [0.15, 0.2) is 0 Å². The lowest BCUT2D eigenvalue weighted by molar-refractivity contribution is 0.439. The van der Waals surface area contributed by atoms with Gasteiger partial charge in [-0.05, 0) is 75.1 Å². The Balaban J connectivity index is 0.849. The van der Waals surface area contributed by atoms with Crippen LogP contribution < -0.4 is 29.6 Å². The van der Waals surface area contributed by atoms with Gasteiger partial charge in [-0.25, -0.2) is 0 Å². The minimum Gasteiger partial charge on any atom is -0.438 e. The van der Waals surface area contributed by atoms with Gasteiger partial charge in [-0.2, -0.15) is 36.8 Å². The molecule has 0 aliphatic carbocycles. The summed E-state index contributed by atoms with van der Waals surface area (Å²) in [5, 5.41) is 13.0. The van der Waals surface area contributed by atoms with E-state index >= 15 is 0 Å². The van der Waals surface area contributed by atoms with Gasteiger partial charge in [0.1, 0.15) is 32.8 Å². The molecule has 0 atom stereocenters. The van der Waals surface area contributed by atoms with Crippen LogP contribution in [0.2, 0.25) is 0 Å². The van der Waals surface area contributed by atoms with Crippen LogP contribution in [0.5, 0.6) is 46.5 Å². The predicted octanol–water partition coefficient (Wildman–Crippen LogP) is 15.2. The van der Waals surface area contributed by atoms with Gasteiger partial charge in [0.25, 0.3) is 20.2 Å². The Morgan fingerprint density at radius 2 is 0.713 bits per heavy atom. The van der Waals surface area contributed by atoms with E-state index in [1.165, 1.54) is 30.4 Å². The molecule has 0 radical (unpaired) electrons. The molecule has 10 aromatic carbocycles. The molecule has 0 saturated heterocycles. The number of nitrogens with one attached hydrogen (secondary N) is 2. The van der Waals surface area contributed by atoms with Crippen molar-refractivity contribution in [2.45, 2.75) is 9.79 Å². The van der Waals surface area contributed by atoms with Crippen molar-refractivity contribution in [2.24, 2.45) is 0 Å². The molecule has 0 unspecified atom stereocenters. The third-order valence-electron chi connectivity index (χ3n) is 12.7. The van der Waals surface area contributed by atoms with Gasteiger partial charge < -0.3 is 29.6 Å². The molecule has 4 N–H and O–H groups in total. The van der Waals surface area contributed by atoms with E-state index in [1.807, 2.05) is 158 Å². The largest absolute Gasteiger partial charge is 0.438 e. The number of anilines is 4. The number of aromatic nitrogens is 4. The summed E-state index contributed by atoms with van der Waals surface area (Å²) in [6.45, 7) is 0. The van der Waals surface area contributed by atoms with Crippen LogP contribution in [0.15, 0.2) is 228 Å². The topological polar surface area (TPSA) is 221 Å². The van der Waals surface area contributed by atoms with E-state index in [2.05, 4.69) is 30.6 Å². The molecule has 0 amide bonds. The zero-order valence-electron chi connectivity index (χ0n) is 41.7. The summed E-state index contributed by atoms with van der Waals surface area (Å²) in [7, 11) is -10.8. The van der Waals surface area contributed by atoms with Crippen LogP contribution in [0.1, 0.15) is 11.1 Å². The summed E-state index contributed by atoms with van der Waals surface area (Å²) in [6, 6.07) is 65.4. The average Bonchev–Trinajstić information content (AvgIpc) is 3.46. The van der Waals surface area contributed by atoms with Crippen LogP contribution in [-0.2, 0) is 20.2 Å². The third-order valence-corrected chi connectivity index (χ3v) is 14.8. The summed E-state index contributed by atoms with van der Waals surface area (Å²) >= 11 is 0. The standard InChI is InChI=1S/C62H42N6O10S2/c69-79(70,71)59-44(32-29-39-30-34-45(35-31-39)63-61-65-55(75-51-25-9-17-40-13-1-5-21-46(40)51)37-56(66-61)76-52-26-10-18-41-14-2-6-22-47(41)52)33-36-50(60(59)80(72,73)74)64-62-67-57(77-53-27-11-19-42-15-3-7-23-48(42)53)38-58(68-62)78-54-28-12-20-43-16-4-8-24-49(43)54/h1-38H,(H,63,65,66)(H,64,67,68)(H,69,70,71)(H,72,73,74). The molecule has 0 saturated carbocycles. The fourth-order valence-corrected chi connectivity index (χ4v) is 11.3. The minimum absolute atomic E-state index is 0.0409. The van der Waals surface area contributed by atoms with E-state index in [9.17, 15) is 25.9 Å². The monoisotopic (exact) mass is 1090 g/mol. The van der Waals surface area contributed by atoms with Gasteiger partial charge in [0.2, 0.25) is 35.4 Å². The molecule has 12 aromatic rings. The van der Waals surface area contributed by atoms with Crippen molar-refractivity contribution >= 4 is 98.7 Å². The van der Waals surface area contributed by atoms with Crippen LogP contribution >= 0.6 is 0 Å². The molecule has 0 aliphatic rings. The smallest absolute Gasteiger partial charge is 0.298 e. The number of hydrogen-bond donors (Lipinski definition) is 4. The van der Waals surface area contributed by atoms with E-state index in [0.717, 1.165) is 43.1 Å². The third kappa shape index (κ3) is 11.0. The van der Waals surface area contributed by atoms with E-state index < -0.39 is 35.7 Å². The highest BCUT2D eigenvalue weighted by Gasteiger charge is 2.31. The number of rotatable bonds is 16. The van der Waals surface area contributed by atoms with Gasteiger partial charge in [0.05, 0.1) is 17.8 Å². The first-order valence-corrected chi connectivity index (χ1v) is 27.6. The molecule has 392 valence electrons. The average molecular weight is 1100 g/mol. The molecular formula is C62H42N6O10S2. The van der Waals surface area contributed by atoms with Crippen molar-refractivity contribution in [3.8, 4) is 46.5 Å². The fourth-order valence-electron chi connectivity index (χ4n) is 9.16. The Bertz CT molecular complexity index is 4420. The fraction of sp³-hybridized carbons (Fsp3) is 0. The zero-order chi connectivity index (χ0) is 54.8. The zero-order valence-corrected chi connectivity index (χ0v) is 43.3. The highest BCUT2D eigenvalue weighted by molar-refractivity contribution is 7.89. The van der Waals surface area contributed by atoms with Crippen LogP contribution in [-0.4, -0.2) is 45.9 Å². The van der Waals surface area contributed by atoms with E-state index in [0.29, 0.717) is 34.2 Å². The van der Waals surface area contributed by atoms with Crippen molar-refractivity contribution in [2.75, 3.05) is 10.6 Å². The number of ether oxygens (including phenoxy) is 4. The summed E-state index contributed by atoms with van der Waals surface area (Å²) in [5.41, 5.74) is 0.293. The first kappa shape index (κ1) is 50.6. The van der Waals surface area contributed by atoms with Gasteiger partial charge in [-0.15, -0.1) is 0 Å². The molecular weight excluding hydrogens is 1050 g/mol. The van der Waals surface area contributed by atoms with Crippen molar-refractivity contribution < 1.29 is 44.9 Å². The van der Waals surface area contributed by atoms with Gasteiger partial charge in [-0.3, -0.25) is 9.11 Å². The van der Waals surface area contributed by atoms with Crippen molar-refractivity contribution in [3.63, 3.8) is 0 Å². The maximum atomic E-state index is 13.3. The first-order chi connectivity index (χ1) is 38.8. The number of fused-ring (bicyclic) bond motifs is 4. The van der Waals surface area contributed by atoms with E-state index in [-0.39, 0.29) is 41.0 Å². The molecule has 2 heterocycles. The Morgan fingerprint density at radius 3 is 1.09 bits per heavy atom. The number of benzene rings is 10. The van der Waals surface area contributed by atoms with Crippen molar-refractivity contribution in [3.05, 3.63) is 230 Å². The lowest BCUT2D eigenvalue weighted by Crippen LogP contribution is -2.13. The first-order valence-electron chi connectivity index (χ1n) is 24.7. The minimum atomic E-state index is -5.43. The van der Waals surface area contributed by atoms with Gasteiger partial charge in [-0.1, -0.05) is 176 Å². The number of nitrogens with zero attached hydrogens (tertiary/aromatic N) is 4. The van der Waals surface area contributed by atoms with Crippen LogP contribution in [0.4, 0.5) is 23.3 Å². The second-order valence-electron chi connectivity index (χ2n) is 18.1. The molecule has 80 heavy (non-hydrogen) atoms. The SMILES string of the molecule is O=S(=O)(O)c1c(C=Cc2ccc(Nc3nc(Oc4cccc5ccccc45)cc(Oc4cccc5ccccc45)n3)cc2)ccc(Nc2nc(Oc3cccc4ccccc34)cc(Oc3cccc4ccccc34)n2)c1S(=O)(=O)O. The van der Waals surface area contributed by atoms with Crippen LogP contribution in [0.3, 0.4) is 0 Å². The van der Waals surface area contributed by atoms with Gasteiger partial charge in [0, 0.05) is 27.2 Å². The summed E-state index contributed by atoms with van der Waals surface area (Å²) in [5.74, 6) is 2.17. The van der Waals surface area contributed by atoms with Crippen molar-refractivity contribution in [1.29, 1.82) is 0 Å². The quantitative estimate of drug-likeness (QED) is 0.0522. The van der Waals surface area contributed by atoms with Gasteiger partial charge >= 0.3 is 0 Å². The Kier molecular flexibility index (Phi) is 13.5.